The van der Waals surface area contributed by atoms with Gasteiger partial charge in [-0.3, -0.25) is 4.79 Å². The van der Waals surface area contributed by atoms with Crippen molar-refractivity contribution >= 4 is 5.78 Å². The summed E-state index contributed by atoms with van der Waals surface area (Å²) in [7, 11) is 3.02. The Morgan fingerprint density at radius 1 is 1.05 bits per heavy atom. The highest BCUT2D eigenvalue weighted by Gasteiger charge is 2.46. The molecule has 1 atom stereocenters. The number of hydrogen-bond donors (Lipinski definition) is 2. The van der Waals surface area contributed by atoms with Crippen molar-refractivity contribution in [3.8, 4) is 28.5 Å². The first-order valence-electron chi connectivity index (χ1n) is 12.3. The standard InChI is InChI=1S/C29H32FNO6/c1-18-16-20(4-8-22(18)30)28-25(35-2)10-11-27(31-28)29(34,21-6-7-21)13-12-23(33)19-5-9-24(37-15-14-32)26(17-19)36-3/h4-5,8-11,16-17,21,32,34H,6-7,12-15H2,1-3H3. The molecule has 8 heteroatoms. The molecule has 0 radical (unpaired) electrons. The first kappa shape index (κ1) is 26.6. The van der Waals surface area contributed by atoms with Crippen LogP contribution in [0, 0.1) is 18.7 Å². The predicted molar refractivity (Wildman–Crippen MR) is 137 cm³/mol. The van der Waals surface area contributed by atoms with E-state index in [1.807, 2.05) is 0 Å². The van der Waals surface area contributed by atoms with E-state index in [2.05, 4.69) is 0 Å². The molecule has 0 aliphatic heterocycles. The van der Waals surface area contributed by atoms with Gasteiger partial charge in [0.2, 0.25) is 0 Å². The average Bonchev–Trinajstić information content (AvgIpc) is 3.77. The molecule has 1 saturated carbocycles. The van der Waals surface area contributed by atoms with Crippen molar-refractivity contribution in [2.75, 3.05) is 27.4 Å². The lowest BCUT2D eigenvalue weighted by Crippen LogP contribution is -2.30. The largest absolute Gasteiger partial charge is 0.494 e. The van der Waals surface area contributed by atoms with E-state index < -0.39 is 5.60 Å². The van der Waals surface area contributed by atoms with Gasteiger partial charge in [0.25, 0.3) is 0 Å². The van der Waals surface area contributed by atoms with Crippen LogP contribution in [0.1, 0.15) is 47.3 Å². The molecule has 0 saturated heterocycles. The first-order chi connectivity index (χ1) is 17.8. The van der Waals surface area contributed by atoms with Gasteiger partial charge in [-0.25, -0.2) is 9.37 Å². The van der Waals surface area contributed by atoms with Crippen LogP contribution in [0.25, 0.3) is 11.3 Å². The third kappa shape index (κ3) is 5.76. The van der Waals surface area contributed by atoms with E-state index in [9.17, 15) is 14.3 Å². The van der Waals surface area contributed by atoms with Crippen LogP contribution in [-0.4, -0.2) is 48.4 Å². The maximum atomic E-state index is 13.9. The molecule has 1 aliphatic carbocycles. The number of ketones is 1. The number of methoxy groups -OCH3 is 2. The van der Waals surface area contributed by atoms with Gasteiger partial charge in [0.1, 0.15) is 29.5 Å². The number of rotatable bonds is 12. The number of nitrogens with zero attached hydrogens (tertiary/aromatic N) is 1. The van der Waals surface area contributed by atoms with Crippen molar-refractivity contribution in [2.24, 2.45) is 5.92 Å². The summed E-state index contributed by atoms with van der Waals surface area (Å²) in [5.74, 6) is 0.888. The lowest BCUT2D eigenvalue weighted by molar-refractivity contribution is -0.00110. The van der Waals surface area contributed by atoms with Crippen LogP contribution >= 0.6 is 0 Å². The van der Waals surface area contributed by atoms with Gasteiger partial charge in [0, 0.05) is 17.5 Å². The molecule has 1 unspecified atom stereocenters. The fraction of sp³-hybridized carbons (Fsp3) is 0.379. The molecule has 0 amide bonds. The van der Waals surface area contributed by atoms with Gasteiger partial charge in [-0.05, 0) is 86.2 Å². The summed E-state index contributed by atoms with van der Waals surface area (Å²) >= 11 is 0. The Balaban J connectivity index is 1.59. The number of carbonyl (C=O) groups excluding carboxylic acids is 1. The molecule has 0 spiro atoms. The van der Waals surface area contributed by atoms with Gasteiger partial charge in [-0.15, -0.1) is 0 Å². The molecular weight excluding hydrogens is 477 g/mol. The highest BCUT2D eigenvalue weighted by Crippen LogP contribution is 2.49. The van der Waals surface area contributed by atoms with Gasteiger partial charge < -0.3 is 24.4 Å². The second-order valence-electron chi connectivity index (χ2n) is 9.27. The topological polar surface area (TPSA) is 98.1 Å². The van der Waals surface area contributed by atoms with Gasteiger partial charge >= 0.3 is 0 Å². The quantitative estimate of drug-likeness (QED) is 0.337. The third-order valence-corrected chi connectivity index (χ3v) is 6.77. The van der Waals surface area contributed by atoms with E-state index in [4.69, 9.17) is 24.3 Å². The molecule has 196 valence electrons. The first-order valence-corrected chi connectivity index (χ1v) is 12.3. The summed E-state index contributed by atoms with van der Waals surface area (Å²) in [4.78, 5) is 17.9. The highest BCUT2D eigenvalue weighted by molar-refractivity contribution is 5.96. The Hall–Kier alpha value is -3.49. The summed E-state index contributed by atoms with van der Waals surface area (Å²) in [5.41, 5.74) is 1.29. The number of hydrogen-bond acceptors (Lipinski definition) is 7. The van der Waals surface area contributed by atoms with Crippen LogP contribution in [0.5, 0.6) is 17.2 Å². The van der Waals surface area contributed by atoms with Crippen molar-refractivity contribution < 1.29 is 33.6 Å². The summed E-state index contributed by atoms with van der Waals surface area (Å²) in [5, 5.41) is 20.8. The number of carbonyl (C=O) groups is 1. The van der Waals surface area contributed by atoms with Gasteiger partial charge in [-0.1, -0.05) is 0 Å². The number of aliphatic hydroxyl groups excluding tert-OH is 1. The van der Waals surface area contributed by atoms with Crippen LogP contribution < -0.4 is 14.2 Å². The number of aliphatic hydroxyl groups is 2. The second kappa shape index (κ2) is 11.3. The Kier molecular flexibility index (Phi) is 8.10. The van der Waals surface area contributed by atoms with Crippen LogP contribution in [0.4, 0.5) is 4.39 Å². The SMILES string of the molecule is COc1cc(C(=O)CCC(O)(c2ccc(OC)c(-c3ccc(F)c(C)c3)n2)C2CC2)ccc1OCCO. The maximum absolute atomic E-state index is 13.9. The second-order valence-corrected chi connectivity index (χ2v) is 9.27. The van der Waals surface area contributed by atoms with Crippen LogP contribution in [-0.2, 0) is 5.60 Å². The number of pyridine rings is 1. The highest BCUT2D eigenvalue weighted by atomic mass is 19.1. The lowest BCUT2D eigenvalue weighted by atomic mass is 9.86. The predicted octanol–water partition coefficient (Wildman–Crippen LogP) is 4.85. The molecular formula is C29H32FNO6. The van der Waals surface area contributed by atoms with E-state index >= 15 is 0 Å². The lowest BCUT2D eigenvalue weighted by Gasteiger charge is -2.28. The summed E-state index contributed by atoms with van der Waals surface area (Å²) < 4.78 is 30.1. The Bertz CT molecular complexity index is 1280. The zero-order valence-corrected chi connectivity index (χ0v) is 21.3. The monoisotopic (exact) mass is 509 g/mol. The summed E-state index contributed by atoms with van der Waals surface area (Å²) in [6.07, 6.45) is 1.98. The molecule has 0 bridgehead atoms. The molecule has 37 heavy (non-hydrogen) atoms. The van der Waals surface area contributed by atoms with E-state index in [0.717, 1.165) is 12.8 Å². The fourth-order valence-electron chi connectivity index (χ4n) is 4.52. The molecule has 1 aromatic heterocycles. The van der Waals surface area contributed by atoms with Crippen molar-refractivity contribution in [3.05, 3.63) is 71.2 Å². The smallest absolute Gasteiger partial charge is 0.163 e. The summed E-state index contributed by atoms with van der Waals surface area (Å²) in [6.45, 7) is 1.67. The maximum Gasteiger partial charge on any atom is 0.163 e. The van der Waals surface area contributed by atoms with Crippen molar-refractivity contribution in [2.45, 2.75) is 38.2 Å². The van der Waals surface area contributed by atoms with E-state index in [-0.39, 0.29) is 43.6 Å². The summed E-state index contributed by atoms with van der Waals surface area (Å²) in [6, 6.07) is 13.1. The molecule has 2 aromatic carbocycles. The minimum atomic E-state index is -1.29. The normalized spacial score (nSPS) is 14.6. The molecule has 1 aliphatic rings. The number of aromatic nitrogens is 1. The zero-order valence-electron chi connectivity index (χ0n) is 21.3. The Labute approximate surface area is 215 Å². The van der Waals surface area contributed by atoms with Gasteiger partial charge in [0.15, 0.2) is 17.3 Å². The van der Waals surface area contributed by atoms with Gasteiger partial charge in [0.05, 0.1) is 26.5 Å². The van der Waals surface area contributed by atoms with Crippen molar-refractivity contribution in [1.82, 2.24) is 4.98 Å². The third-order valence-electron chi connectivity index (χ3n) is 6.77. The van der Waals surface area contributed by atoms with Crippen LogP contribution in [0.2, 0.25) is 0 Å². The van der Waals surface area contributed by atoms with E-state index in [0.29, 0.717) is 45.3 Å². The average molecular weight is 510 g/mol. The molecule has 3 aromatic rings. The Morgan fingerprint density at radius 2 is 1.78 bits per heavy atom. The van der Waals surface area contributed by atoms with Crippen LogP contribution in [0.3, 0.4) is 0 Å². The number of Topliss-reactive ketones (excluding diaryl/α,β-unsaturated/α-hetero) is 1. The number of benzene rings is 2. The van der Waals surface area contributed by atoms with Crippen molar-refractivity contribution in [1.29, 1.82) is 0 Å². The van der Waals surface area contributed by atoms with E-state index in [1.54, 1.807) is 49.4 Å². The number of aryl methyl sites for hydroxylation is 1. The zero-order chi connectivity index (χ0) is 26.6. The van der Waals surface area contributed by atoms with E-state index in [1.165, 1.54) is 20.3 Å². The Morgan fingerprint density at radius 3 is 2.43 bits per heavy atom. The minimum absolute atomic E-state index is 0.00667. The molecule has 4 rings (SSSR count). The van der Waals surface area contributed by atoms with Crippen molar-refractivity contribution in [3.63, 3.8) is 0 Å². The number of halogens is 1. The molecule has 1 fully saturated rings. The molecule has 7 nitrogen and oxygen atoms in total. The molecule has 2 N–H and O–H groups in total. The fourth-order valence-corrected chi connectivity index (χ4v) is 4.52. The minimum Gasteiger partial charge on any atom is -0.494 e. The van der Waals surface area contributed by atoms with Gasteiger partial charge in [-0.2, -0.15) is 0 Å². The van der Waals surface area contributed by atoms with Crippen LogP contribution in [0.15, 0.2) is 48.5 Å². The molecule has 1 heterocycles. The number of ether oxygens (including phenoxy) is 3.